The highest BCUT2D eigenvalue weighted by Gasteiger charge is 2.70. The molecule has 3 rings (SSSR count). The van der Waals surface area contributed by atoms with Crippen LogP contribution in [0.1, 0.15) is 47.0 Å². The Bertz CT molecular complexity index is 373. The van der Waals surface area contributed by atoms with Crippen molar-refractivity contribution in [1.29, 1.82) is 0 Å². The maximum Gasteiger partial charge on any atom is 0.165 e. The van der Waals surface area contributed by atoms with Crippen LogP contribution in [0.2, 0.25) is 0 Å². The predicted octanol–water partition coefficient (Wildman–Crippen LogP) is 2.64. The molecule has 0 radical (unpaired) electrons. The number of rotatable bonds is 0. The average molecular weight is 236 g/mol. The van der Waals surface area contributed by atoms with Crippen LogP contribution in [0.5, 0.6) is 0 Å². The summed E-state index contributed by atoms with van der Waals surface area (Å²) in [6, 6.07) is 0. The molecule has 3 aliphatic carbocycles. The maximum absolute atomic E-state index is 12.4. The molecule has 96 valence electrons. The molecule has 1 spiro atoms. The molecule has 0 aliphatic heterocycles. The molecule has 17 heavy (non-hydrogen) atoms. The number of Topliss-reactive ketones (excluding diaryl/α,β-unsaturated/α-hetero) is 1. The van der Waals surface area contributed by atoms with Gasteiger partial charge in [-0.05, 0) is 47.8 Å². The van der Waals surface area contributed by atoms with E-state index in [2.05, 4.69) is 27.7 Å². The number of carbonyl (C=O) groups is 1. The third kappa shape index (κ3) is 1.13. The molecule has 2 bridgehead atoms. The molecule has 3 aliphatic rings. The number of hydrogen-bond acceptors (Lipinski definition) is 2. The molecule has 2 heteroatoms. The lowest BCUT2D eigenvalue weighted by atomic mass is 9.65. The molecular formula is C15H24O2. The minimum atomic E-state index is -0.700. The molecule has 0 aromatic heterocycles. The summed E-state index contributed by atoms with van der Waals surface area (Å²) in [5, 5.41) is 10.1. The standard InChI is InChI=1S/C15H24O2/c1-8-5-6-15-7-10(8)14(3,4)13(15)12(17)11(16)9(15)2/h8-11,13,16H,5-7H2,1-4H3/t8-,9+,10+,11?,13+,15+/m1/s1. The van der Waals surface area contributed by atoms with Gasteiger partial charge < -0.3 is 5.11 Å². The first-order valence-electron chi connectivity index (χ1n) is 7.04. The molecular weight excluding hydrogens is 212 g/mol. The monoisotopic (exact) mass is 236 g/mol. The predicted molar refractivity (Wildman–Crippen MR) is 66.4 cm³/mol. The maximum atomic E-state index is 12.4. The molecule has 6 atom stereocenters. The van der Waals surface area contributed by atoms with E-state index in [0.717, 1.165) is 18.8 Å². The van der Waals surface area contributed by atoms with Crippen molar-refractivity contribution >= 4 is 5.78 Å². The number of ketones is 1. The Kier molecular flexibility index (Phi) is 2.16. The molecule has 3 saturated carbocycles. The van der Waals surface area contributed by atoms with Gasteiger partial charge in [0.2, 0.25) is 0 Å². The Labute approximate surface area is 104 Å². The Morgan fingerprint density at radius 3 is 2.59 bits per heavy atom. The van der Waals surface area contributed by atoms with Gasteiger partial charge in [0.15, 0.2) is 5.78 Å². The zero-order valence-corrected chi connectivity index (χ0v) is 11.4. The van der Waals surface area contributed by atoms with Crippen LogP contribution in [0, 0.1) is 34.5 Å². The van der Waals surface area contributed by atoms with E-state index in [4.69, 9.17) is 0 Å². The van der Waals surface area contributed by atoms with Crippen molar-refractivity contribution in [3.63, 3.8) is 0 Å². The second-order valence-electron chi connectivity index (χ2n) is 7.45. The molecule has 0 aromatic rings. The molecule has 1 unspecified atom stereocenters. The number of carbonyl (C=O) groups excluding carboxylic acids is 1. The molecule has 0 amide bonds. The normalized spacial score (nSPS) is 56.1. The summed E-state index contributed by atoms with van der Waals surface area (Å²) in [6.45, 7) is 8.95. The van der Waals surface area contributed by atoms with Crippen molar-refractivity contribution in [3.8, 4) is 0 Å². The summed E-state index contributed by atoms with van der Waals surface area (Å²) < 4.78 is 0. The molecule has 2 nitrogen and oxygen atoms in total. The minimum Gasteiger partial charge on any atom is -0.385 e. The first-order valence-corrected chi connectivity index (χ1v) is 7.04. The van der Waals surface area contributed by atoms with Gasteiger partial charge >= 0.3 is 0 Å². The van der Waals surface area contributed by atoms with Crippen LogP contribution in [-0.2, 0) is 4.79 Å². The zero-order chi connectivity index (χ0) is 12.6. The van der Waals surface area contributed by atoms with E-state index < -0.39 is 6.10 Å². The summed E-state index contributed by atoms with van der Waals surface area (Å²) in [6.07, 6.45) is 2.83. The minimum absolute atomic E-state index is 0.0821. The van der Waals surface area contributed by atoms with Crippen molar-refractivity contribution in [2.45, 2.75) is 53.1 Å². The SMILES string of the molecule is C[C@@H]1CC[C@@]23C[C@@H]1C(C)(C)[C@@H]2C(=O)C(O)[C@@H]3C. The summed E-state index contributed by atoms with van der Waals surface area (Å²) in [4.78, 5) is 12.4. The van der Waals surface area contributed by atoms with E-state index in [0.29, 0.717) is 5.92 Å². The second-order valence-corrected chi connectivity index (χ2v) is 7.45. The zero-order valence-electron chi connectivity index (χ0n) is 11.4. The first-order chi connectivity index (χ1) is 7.82. The van der Waals surface area contributed by atoms with Crippen LogP contribution in [0.3, 0.4) is 0 Å². The quantitative estimate of drug-likeness (QED) is 0.702. The highest BCUT2D eigenvalue weighted by molar-refractivity contribution is 5.90. The van der Waals surface area contributed by atoms with E-state index in [1.54, 1.807) is 0 Å². The second kappa shape index (κ2) is 3.14. The van der Waals surface area contributed by atoms with E-state index in [9.17, 15) is 9.90 Å². The molecule has 0 saturated heterocycles. The average Bonchev–Trinajstić information content (AvgIpc) is 2.58. The third-order valence-corrected chi connectivity index (χ3v) is 6.58. The Balaban J connectivity index is 2.12. The van der Waals surface area contributed by atoms with Gasteiger partial charge in [0.05, 0.1) is 0 Å². The van der Waals surface area contributed by atoms with Gasteiger partial charge in [-0.25, -0.2) is 0 Å². The van der Waals surface area contributed by atoms with Crippen LogP contribution in [0.4, 0.5) is 0 Å². The Morgan fingerprint density at radius 2 is 1.94 bits per heavy atom. The molecule has 0 aromatic carbocycles. The summed E-state index contributed by atoms with van der Waals surface area (Å²) in [5.74, 6) is 1.81. The highest BCUT2D eigenvalue weighted by atomic mass is 16.3. The lowest BCUT2D eigenvalue weighted by Crippen LogP contribution is -2.35. The lowest BCUT2D eigenvalue weighted by Gasteiger charge is -2.39. The first kappa shape index (κ1) is 11.7. The van der Waals surface area contributed by atoms with Gasteiger partial charge in [-0.3, -0.25) is 4.79 Å². The lowest BCUT2D eigenvalue weighted by molar-refractivity contribution is -0.131. The molecule has 0 heterocycles. The van der Waals surface area contributed by atoms with Crippen LogP contribution in [0.15, 0.2) is 0 Å². The van der Waals surface area contributed by atoms with Crippen LogP contribution >= 0.6 is 0 Å². The van der Waals surface area contributed by atoms with Crippen molar-refractivity contribution in [1.82, 2.24) is 0 Å². The Hall–Kier alpha value is -0.370. The topological polar surface area (TPSA) is 37.3 Å². The smallest absolute Gasteiger partial charge is 0.165 e. The summed E-state index contributed by atoms with van der Waals surface area (Å²) in [5.41, 5.74) is 0.204. The largest absolute Gasteiger partial charge is 0.385 e. The Morgan fingerprint density at radius 1 is 1.29 bits per heavy atom. The van der Waals surface area contributed by atoms with Crippen LogP contribution < -0.4 is 0 Å². The van der Waals surface area contributed by atoms with Crippen molar-refractivity contribution < 1.29 is 9.90 Å². The van der Waals surface area contributed by atoms with Gasteiger partial charge in [-0.1, -0.05) is 27.7 Å². The van der Waals surface area contributed by atoms with Crippen LogP contribution in [0.25, 0.3) is 0 Å². The van der Waals surface area contributed by atoms with Crippen LogP contribution in [-0.4, -0.2) is 17.0 Å². The fraction of sp³-hybridized carbons (Fsp3) is 0.933. The van der Waals surface area contributed by atoms with Gasteiger partial charge in [0.1, 0.15) is 6.10 Å². The number of aliphatic hydroxyl groups is 1. The summed E-state index contributed by atoms with van der Waals surface area (Å²) >= 11 is 0. The molecule has 1 N–H and O–H groups in total. The number of aliphatic hydroxyl groups excluding tert-OH is 1. The number of hydrogen-bond donors (Lipinski definition) is 1. The number of fused-ring (bicyclic) bond motifs is 1. The third-order valence-electron chi connectivity index (χ3n) is 6.58. The fourth-order valence-corrected chi connectivity index (χ4v) is 5.68. The summed E-state index contributed by atoms with van der Waals surface area (Å²) in [7, 11) is 0. The van der Waals surface area contributed by atoms with E-state index >= 15 is 0 Å². The molecule has 3 fully saturated rings. The van der Waals surface area contributed by atoms with Crippen molar-refractivity contribution in [2.24, 2.45) is 34.5 Å². The van der Waals surface area contributed by atoms with Gasteiger partial charge in [-0.15, -0.1) is 0 Å². The van der Waals surface area contributed by atoms with E-state index in [1.165, 1.54) is 6.42 Å². The van der Waals surface area contributed by atoms with Gasteiger partial charge in [-0.2, -0.15) is 0 Å². The van der Waals surface area contributed by atoms with Crippen molar-refractivity contribution in [3.05, 3.63) is 0 Å². The van der Waals surface area contributed by atoms with E-state index in [1.807, 2.05) is 0 Å². The van der Waals surface area contributed by atoms with E-state index in [-0.39, 0.29) is 28.4 Å². The van der Waals surface area contributed by atoms with Gasteiger partial charge in [0.25, 0.3) is 0 Å². The highest BCUT2D eigenvalue weighted by Crippen LogP contribution is 2.71. The van der Waals surface area contributed by atoms with Crippen molar-refractivity contribution in [2.75, 3.05) is 0 Å². The fourth-order valence-electron chi connectivity index (χ4n) is 5.68. The van der Waals surface area contributed by atoms with Gasteiger partial charge in [0, 0.05) is 5.92 Å².